The lowest BCUT2D eigenvalue weighted by Gasteiger charge is -2.27. The van der Waals surface area contributed by atoms with Crippen LogP contribution in [-0.2, 0) is 25.7 Å². The molecule has 2 rings (SSSR count). The standard InChI is InChI=1S/C23H35N3O7/c1-23(2,16-27)20(29)22(31)24-8-7-19(28)21(30)25-15-17-3-5-18(6-4-17)33-14-11-26-9-12-32-13-10-26/h3-6,20,27,29H,7-16H2,1-2H3,(H,24,31)(H,25,30)/t20-/m0/s1. The van der Waals surface area contributed by atoms with Crippen molar-refractivity contribution >= 4 is 17.6 Å². The highest BCUT2D eigenvalue weighted by Crippen LogP contribution is 2.19. The molecule has 0 spiro atoms. The molecule has 1 fully saturated rings. The Hall–Kier alpha value is -2.53. The van der Waals surface area contributed by atoms with Crippen LogP contribution in [-0.4, -0.2) is 91.4 Å². The largest absolute Gasteiger partial charge is 0.492 e. The number of rotatable bonds is 13. The van der Waals surface area contributed by atoms with Gasteiger partial charge in [0.2, 0.25) is 11.7 Å². The Labute approximate surface area is 194 Å². The third kappa shape index (κ3) is 9.09. The van der Waals surface area contributed by atoms with E-state index < -0.39 is 29.1 Å². The van der Waals surface area contributed by atoms with Crippen LogP contribution >= 0.6 is 0 Å². The molecule has 2 amide bonds. The molecule has 0 aromatic heterocycles. The van der Waals surface area contributed by atoms with Gasteiger partial charge < -0.3 is 30.3 Å². The second kappa shape index (κ2) is 13.2. The Balaban J connectivity index is 1.64. The van der Waals surface area contributed by atoms with Gasteiger partial charge in [-0.1, -0.05) is 26.0 Å². The predicted molar refractivity (Wildman–Crippen MR) is 121 cm³/mol. The maximum absolute atomic E-state index is 12.0. The number of aliphatic hydroxyl groups excluding tert-OH is 2. The lowest BCUT2D eigenvalue weighted by molar-refractivity contribution is -0.139. The van der Waals surface area contributed by atoms with Crippen molar-refractivity contribution in [1.29, 1.82) is 0 Å². The highest BCUT2D eigenvalue weighted by molar-refractivity contribution is 6.36. The number of morpholine rings is 1. The summed E-state index contributed by atoms with van der Waals surface area (Å²) in [5, 5.41) is 24.1. The van der Waals surface area contributed by atoms with Gasteiger partial charge in [-0.3, -0.25) is 19.3 Å². The molecule has 0 bridgehead atoms. The van der Waals surface area contributed by atoms with E-state index in [0.29, 0.717) is 6.61 Å². The molecular formula is C23H35N3O7. The Morgan fingerprint density at radius 2 is 1.82 bits per heavy atom. The molecule has 1 atom stereocenters. The van der Waals surface area contributed by atoms with E-state index in [-0.39, 0.29) is 26.1 Å². The minimum Gasteiger partial charge on any atom is -0.492 e. The van der Waals surface area contributed by atoms with Crippen LogP contribution in [0.4, 0.5) is 0 Å². The lowest BCUT2D eigenvalue weighted by atomic mass is 9.87. The van der Waals surface area contributed by atoms with Gasteiger partial charge in [-0.25, -0.2) is 0 Å². The zero-order valence-electron chi connectivity index (χ0n) is 19.3. The van der Waals surface area contributed by atoms with Gasteiger partial charge in [0.25, 0.3) is 5.91 Å². The molecule has 0 unspecified atom stereocenters. The number of nitrogens with zero attached hydrogens (tertiary/aromatic N) is 1. The minimum atomic E-state index is -1.42. The second-order valence-electron chi connectivity index (χ2n) is 8.64. The molecule has 0 saturated carbocycles. The first-order valence-corrected chi connectivity index (χ1v) is 11.1. The van der Waals surface area contributed by atoms with Gasteiger partial charge in [0.05, 0.1) is 19.8 Å². The third-order valence-electron chi connectivity index (χ3n) is 5.46. The summed E-state index contributed by atoms with van der Waals surface area (Å²) in [7, 11) is 0. The number of hydrogen-bond acceptors (Lipinski definition) is 8. The number of hydrogen-bond donors (Lipinski definition) is 4. The van der Waals surface area contributed by atoms with Crippen molar-refractivity contribution in [3.8, 4) is 5.75 Å². The summed E-state index contributed by atoms with van der Waals surface area (Å²) in [5.41, 5.74) is -0.186. The molecule has 184 valence electrons. The fourth-order valence-electron chi connectivity index (χ4n) is 3.05. The molecule has 0 aliphatic carbocycles. The highest BCUT2D eigenvalue weighted by atomic mass is 16.5. The number of carbonyl (C=O) groups is 3. The Kier molecular flexibility index (Phi) is 10.7. The summed E-state index contributed by atoms with van der Waals surface area (Å²) in [6.45, 7) is 7.57. The zero-order chi connectivity index (χ0) is 24.3. The van der Waals surface area contributed by atoms with Crippen molar-refractivity contribution in [3.05, 3.63) is 29.8 Å². The van der Waals surface area contributed by atoms with E-state index in [9.17, 15) is 24.6 Å². The molecule has 33 heavy (non-hydrogen) atoms. The number of ketones is 1. The summed E-state index contributed by atoms with van der Waals surface area (Å²) in [4.78, 5) is 38.1. The number of nitrogens with one attached hydrogen (secondary N) is 2. The van der Waals surface area contributed by atoms with Crippen molar-refractivity contribution in [3.63, 3.8) is 0 Å². The van der Waals surface area contributed by atoms with E-state index in [1.807, 2.05) is 24.3 Å². The Morgan fingerprint density at radius 3 is 2.45 bits per heavy atom. The Bertz CT molecular complexity index is 777. The number of ether oxygens (including phenoxy) is 2. The van der Waals surface area contributed by atoms with Gasteiger partial charge in [0.15, 0.2) is 0 Å². The quantitative estimate of drug-likeness (QED) is 0.285. The fourth-order valence-corrected chi connectivity index (χ4v) is 3.05. The van der Waals surface area contributed by atoms with E-state index in [4.69, 9.17) is 9.47 Å². The van der Waals surface area contributed by atoms with Crippen molar-refractivity contribution in [2.75, 3.05) is 52.6 Å². The molecule has 1 heterocycles. The van der Waals surface area contributed by atoms with E-state index in [1.54, 1.807) is 13.8 Å². The molecule has 10 heteroatoms. The van der Waals surface area contributed by atoms with E-state index in [2.05, 4.69) is 15.5 Å². The first-order chi connectivity index (χ1) is 15.7. The summed E-state index contributed by atoms with van der Waals surface area (Å²) in [6.07, 6.45) is -1.61. The van der Waals surface area contributed by atoms with Crippen LogP contribution in [0.3, 0.4) is 0 Å². The molecule has 10 nitrogen and oxygen atoms in total. The van der Waals surface area contributed by atoms with Crippen LogP contribution in [0.1, 0.15) is 25.8 Å². The van der Waals surface area contributed by atoms with Crippen LogP contribution in [0.15, 0.2) is 24.3 Å². The van der Waals surface area contributed by atoms with Crippen LogP contribution < -0.4 is 15.4 Å². The topological polar surface area (TPSA) is 137 Å². The molecule has 1 aliphatic heterocycles. The SMILES string of the molecule is CC(C)(CO)[C@@H](O)C(=O)NCCC(=O)C(=O)NCc1ccc(OCCN2CCOCC2)cc1. The van der Waals surface area contributed by atoms with Gasteiger partial charge in [0.1, 0.15) is 18.5 Å². The molecule has 1 aromatic carbocycles. The van der Waals surface area contributed by atoms with Crippen molar-refractivity contribution in [2.24, 2.45) is 5.41 Å². The third-order valence-corrected chi connectivity index (χ3v) is 5.46. The summed E-state index contributed by atoms with van der Waals surface area (Å²) < 4.78 is 11.1. The van der Waals surface area contributed by atoms with E-state index >= 15 is 0 Å². The van der Waals surface area contributed by atoms with Crippen molar-refractivity contribution < 1.29 is 34.1 Å². The molecule has 1 aliphatic rings. The normalized spacial score (nSPS) is 15.5. The maximum Gasteiger partial charge on any atom is 0.287 e. The molecule has 1 aromatic rings. The minimum absolute atomic E-state index is 0.0832. The molecule has 0 radical (unpaired) electrons. The van der Waals surface area contributed by atoms with Gasteiger partial charge in [0, 0.05) is 44.6 Å². The lowest BCUT2D eigenvalue weighted by Crippen LogP contribution is -2.46. The van der Waals surface area contributed by atoms with Gasteiger partial charge >= 0.3 is 0 Å². The average Bonchev–Trinajstić information content (AvgIpc) is 2.83. The monoisotopic (exact) mass is 465 g/mol. The second-order valence-corrected chi connectivity index (χ2v) is 8.64. The fraction of sp³-hybridized carbons (Fsp3) is 0.609. The molecule has 4 N–H and O–H groups in total. The van der Waals surface area contributed by atoms with Crippen LogP contribution in [0.25, 0.3) is 0 Å². The van der Waals surface area contributed by atoms with Crippen LogP contribution in [0.2, 0.25) is 0 Å². The number of benzene rings is 1. The van der Waals surface area contributed by atoms with Gasteiger partial charge in [-0.05, 0) is 17.7 Å². The highest BCUT2D eigenvalue weighted by Gasteiger charge is 2.32. The zero-order valence-corrected chi connectivity index (χ0v) is 19.3. The summed E-state index contributed by atoms with van der Waals surface area (Å²) >= 11 is 0. The van der Waals surface area contributed by atoms with Gasteiger partial charge in [-0.15, -0.1) is 0 Å². The predicted octanol–water partition coefficient (Wildman–Crippen LogP) is -0.531. The first-order valence-electron chi connectivity index (χ1n) is 11.1. The van der Waals surface area contributed by atoms with Gasteiger partial charge in [-0.2, -0.15) is 0 Å². The molecular weight excluding hydrogens is 430 g/mol. The van der Waals surface area contributed by atoms with Crippen molar-refractivity contribution in [1.82, 2.24) is 15.5 Å². The number of amides is 2. The van der Waals surface area contributed by atoms with Crippen LogP contribution in [0, 0.1) is 5.41 Å². The number of aliphatic hydroxyl groups is 2. The summed E-state index contributed by atoms with van der Waals surface area (Å²) in [6, 6.07) is 7.27. The van der Waals surface area contributed by atoms with E-state index in [1.165, 1.54) is 0 Å². The number of carbonyl (C=O) groups excluding carboxylic acids is 3. The smallest absolute Gasteiger partial charge is 0.287 e. The Morgan fingerprint density at radius 1 is 1.15 bits per heavy atom. The average molecular weight is 466 g/mol. The van der Waals surface area contributed by atoms with Crippen molar-refractivity contribution in [2.45, 2.75) is 32.9 Å². The first kappa shape index (κ1) is 26.7. The van der Waals surface area contributed by atoms with Crippen LogP contribution in [0.5, 0.6) is 5.75 Å². The maximum atomic E-state index is 12.0. The number of Topliss-reactive ketones (excluding diaryl/α,β-unsaturated/α-hetero) is 1. The molecule has 1 saturated heterocycles. The van der Waals surface area contributed by atoms with E-state index in [0.717, 1.165) is 44.2 Å². The summed E-state index contributed by atoms with van der Waals surface area (Å²) in [5.74, 6) is -1.38.